The monoisotopic (exact) mass is 900 g/mol. The van der Waals surface area contributed by atoms with Crippen LogP contribution in [0.5, 0.6) is 0 Å². The van der Waals surface area contributed by atoms with Crippen molar-refractivity contribution >= 4 is 60.8 Å². The van der Waals surface area contributed by atoms with Gasteiger partial charge in [-0.2, -0.15) is 0 Å². The highest BCUT2D eigenvalue weighted by Crippen LogP contribution is 2.68. The van der Waals surface area contributed by atoms with Gasteiger partial charge in [0.15, 0.2) is 0 Å². The van der Waals surface area contributed by atoms with Crippen molar-refractivity contribution in [3.63, 3.8) is 0 Å². The van der Waals surface area contributed by atoms with Crippen molar-refractivity contribution in [3.05, 3.63) is 216 Å². The lowest BCUT2D eigenvalue weighted by atomic mass is 9.41. The Balaban J connectivity index is 0.930. The molecule has 0 radical (unpaired) electrons. The van der Waals surface area contributed by atoms with E-state index in [-0.39, 0.29) is 10.8 Å². The number of aromatic nitrogens is 1. The van der Waals surface area contributed by atoms with E-state index in [1.165, 1.54) is 115 Å². The molecule has 17 rings (SSSR count). The number of anilines is 3. The Morgan fingerprint density at radius 1 is 0.443 bits per heavy atom. The van der Waals surface area contributed by atoms with Crippen molar-refractivity contribution in [3.8, 4) is 39.1 Å². The van der Waals surface area contributed by atoms with E-state index in [1.54, 1.807) is 11.1 Å². The molecule has 2 aromatic heterocycles. The first-order valence-electron chi connectivity index (χ1n) is 25.8. The van der Waals surface area contributed by atoms with Crippen molar-refractivity contribution in [2.75, 3.05) is 4.90 Å². The molecule has 5 aliphatic carbocycles. The number of hydrogen-bond acceptors (Lipinski definition) is 2. The fraction of sp³-hybridized carbons (Fsp3) is 0.194. The molecule has 0 N–H and O–H groups in total. The molecule has 3 heteroatoms. The van der Waals surface area contributed by atoms with E-state index in [2.05, 4.69) is 217 Å². The highest BCUT2D eigenvalue weighted by atomic mass is 16.3. The summed E-state index contributed by atoms with van der Waals surface area (Å²) in [5, 5.41) is 4.99. The molecule has 4 fully saturated rings. The second-order valence-corrected chi connectivity index (χ2v) is 22.0. The van der Waals surface area contributed by atoms with Crippen LogP contribution in [0.25, 0.3) is 82.8 Å². The van der Waals surface area contributed by atoms with Crippen LogP contribution in [0.3, 0.4) is 0 Å². The number of rotatable bonds is 5. The molecule has 70 heavy (non-hydrogen) atoms. The normalized spacial score (nSPS) is 22.0. The zero-order valence-corrected chi connectivity index (χ0v) is 39.6. The molecule has 3 nitrogen and oxygen atoms in total. The minimum atomic E-state index is -0.137. The molecule has 4 saturated carbocycles. The van der Waals surface area contributed by atoms with E-state index in [4.69, 9.17) is 4.42 Å². The Morgan fingerprint density at radius 3 is 1.87 bits per heavy atom. The third kappa shape index (κ3) is 5.10. The number of furan rings is 1. The van der Waals surface area contributed by atoms with Crippen molar-refractivity contribution in [2.45, 2.75) is 56.8 Å². The third-order valence-corrected chi connectivity index (χ3v) is 18.4. The molecule has 11 aromatic rings. The van der Waals surface area contributed by atoms with Crippen LogP contribution < -0.4 is 4.90 Å². The van der Waals surface area contributed by atoms with Gasteiger partial charge in [-0.15, -0.1) is 0 Å². The molecule has 9 aromatic carbocycles. The van der Waals surface area contributed by atoms with Crippen molar-refractivity contribution in [2.24, 2.45) is 23.7 Å². The number of benzene rings is 9. The first kappa shape index (κ1) is 39.3. The fourth-order valence-electron chi connectivity index (χ4n) is 15.8. The quantitative estimate of drug-likeness (QED) is 0.172. The molecule has 3 heterocycles. The van der Waals surface area contributed by atoms with E-state index < -0.39 is 0 Å². The Kier molecular flexibility index (Phi) is 7.86. The Labute approximate surface area is 408 Å². The summed E-state index contributed by atoms with van der Waals surface area (Å²) in [6.07, 6.45) is 6.79. The van der Waals surface area contributed by atoms with Crippen molar-refractivity contribution in [1.29, 1.82) is 0 Å². The summed E-state index contributed by atoms with van der Waals surface area (Å²) in [6, 6.07) is 73.6. The molecule has 1 aliphatic heterocycles. The SMILES string of the molecule is CC1(C)c2ccccc2-c2ccc(N(c3ccc(-c4ccccc4-c4cccc5oc6ccccc6c45)cc3)c3cc4c5c(c3)c3ccccc3n5-c3ccccc3C43C4CC5CC(C4)CC3C5)cc21. The fourth-order valence-corrected chi connectivity index (χ4v) is 15.8. The minimum Gasteiger partial charge on any atom is -0.456 e. The highest BCUT2D eigenvalue weighted by Gasteiger charge is 2.61. The van der Waals surface area contributed by atoms with Crippen LogP contribution >= 0.6 is 0 Å². The Bertz CT molecular complexity index is 3980. The summed E-state index contributed by atoms with van der Waals surface area (Å²) in [5.41, 5.74) is 22.7. The maximum Gasteiger partial charge on any atom is 0.136 e. The predicted octanol–water partition coefficient (Wildman–Crippen LogP) is 17.8. The minimum absolute atomic E-state index is 0.0351. The van der Waals surface area contributed by atoms with Crippen LogP contribution in [0, 0.1) is 23.7 Å². The standard InChI is InChI=1S/C67H52N2O/c1-66(2)56-20-8-5-16-50(56)51-31-30-46(38-58(51)66)68(45-28-26-42(27-29-45)48-14-3-4-15-49(48)53-19-13-25-63-64(53)54-18-7-12-24-62(54)70-63)47-37-55-52-17-6-10-22-60(52)69-61-23-11-9-21-57(61)67(59(39-47)65(55)69)43-33-40-32-41(35-43)36-44(67)34-40/h3-31,37-41,43-44H,32-36H2,1-2H3. The van der Waals surface area contributed by atoms with Gasteiger partial charge in [0.25, 0.3) is 0 Å². The van der Waals surface area contributed by atoms with Gasteiger partial charge in [0.05, 0.1) is 16.7 Å². The van der Waals surface area contributed by atoms with Crippen LogP contribution in [0.2, 0.25) is 0 Å². The van der Waals surface area contributed by atoms with Gasteiger partial charge in [0.2, 0.25) is 0 Å². The van der Waals surface area contributed by atoms with Gasteiger partial charge >= 0.3 is 0 Å². The summed E-state index contributed by atoms with van der Waals surface area (Å²) in [7, 11) is 0. The molecule has 0 saturated heterocycles. The maximum atomic E-state index is 6.39. The van der Waals surface area contributed by atoms with Crippen LogP contribution in [0.15, 0.2) is 199 Å². The first-order chi connectivity index (χ1) is 34.4. The molecular weight excluding hydrogens is 849 g/mol. The summed E-state index contributed by atoms with van der Waals surface area (Å²) < 4.78 is 9.04. The largest absolute Gasteiger partial charge is 0.456 e. The first-order valence-corrected chi connectivity index (χ1v) is 25.8. The zero-order chi connectivity index (χ0) is 46.0. The van der Waals surface area contributed by atoms with Gasteiger partial charge < -0.3 is 13.9 Å². The van der Waals surface area contributed by atoms with Crippen LogP contribution in [-0.4, -0.2) is 4.57 Å². The Hall–Kier alpha value is -7.62. The topological polar surface area (TPSA) is 21.3 Å². The van der Waals surface area contributed by atoms with Crippen LogP contribution in [-0.2, 0) is 10.8 Å². The summed E-state index contributed by atoms with van der Waals surface area (Å²) in [5.74, 6) is 2.98. The van der Waals surface area contributed by atoms with Gasteiger partial charge in [0.1, 0.15) is 11.2 Å². The summed E-state index contributed by atoms with van der Waals surface area (Å²) in [6.45, 7) is 4.81. The number of fused-ring (bicyclic) bond motifs is 11. The average molecular weight is 901 g/mol. The smallest absolute Gasteiger partial charge is 0.136 e. The maximum absolute atomic E-state index is 6.39. The van der Waals surface area contributed by atoms with E-state index in [9.17, 15) is 0 Å². The number of hydrogen-bond donors (Lipinski definition) is 0. The molecule has 0 amide bonds. The third-order valence-electron chi connectivity index (χ3n) is 18.4. The lowest BCUT2D eigenvalue weighted by Gasteiger charge is -2.63. The van der Waals surface area contributed by atoms with Gasteiger partial charge in [-0.1, -0.05) is 147 Å². The second kappa shape index (κ2) is 14.0. The van der Waals surface area contributed by atoms with E-state index >= 15 is 0 Å². The van der Waals surface area contributed by atoms with E-state index in [1.807, 2.05) is 0 Å². The van der Waals surface area contributed by atoms with Crippen molar-refractivity contribution in [1.82, 2.24) is 4.57 Å². The van der Waals surface area contributed by atoms with Gasteiger partial charge in [-0.05, 0) is 172 Å². The predicted molar refractivity (Wildman–Crippen MR) is 289 cm³/mol. The van der Waals surface area contributed by atoms with Gasteiger partial charge in [0, 0.05) is 49.4 Å². The molecule has 1 spiro atoms. The summed E-state index contributed by atoms with van der Waals surface area (Å²) in [4.78, 5) is 2.60. The molecule has 4 bridgehead atoms. The lowest BCUT2D eigenvalue weighted by molar-refractivity contribution is -0.0418. The molecule has 0 atom stereocenters. The number of nitrogens with zero attached hydrogens (tertiary/aromatic N) is 2. The van der Waals surface area contributed by atoms with Crippen LogP contribution in [0.1, 0.15) is 68.2 Å². The average Bonchev–Trinajstić information content (AvgIpc) is 4.03. The Morgan fingerprint density at radius 2 is 1.06 bits per heavy atom. The molecular formula is C67H52N2O. The molecule has 0 unspecified atom stereocenters. The van der Waals surface area contributed by atoms with E-state index in [0.717, 1.165) is 39.5 Å². The molecule has 336 valence electrons. The lowest BCUT2D eigenvalue weighted by Crippen LogP contribution is -2.57. The van der Waals surface area contributed by atoms with E-state index in [0.29, 0.717) is 11.8 Å². The zero-order valence-electron chi connectivity index (χ0n) is 39.6. The second-order valence-electron chi connectivity index (χ2n) is 22.0. The highest BCUT2D eigenvalue weighted by molar-refractivity contribution is 6.15. The van der Waals surface area contributed by atoms with Crippen LogP contribution in [0.4, 0.5) is 17.1 Å². The van der Waals surface area contributed by atoms with Gasteiger partial charge in [-0.25, -0.2) is 0 Å². The summed E-state index contributed by atoms with van der Waals surface area (Å²) >= 11 is 0. The van der Waals surface area contributed by atoms with Gasteiger partial charge in [-0.3, -0.25) is 0 Å². The number of para-hydroxylation sites is 3. The molecule has 6 aliphatic rings. The van der Waals surface area contributed by atoms with Crippen molar-refractivity contribution < 1.29 is 4.42 Å².